The second kappa shape index (κ2) is 1.99. The van der Waals surface area contributed by atoms with E-state index in [1.807, 2.05) is 0 Å². The fourth-order valence-corrected chi connectivity index (χ4v) is 5.73. The molecule has 72 valence electrons. The molecule has 6 unspecified atom stereocenters. The van der Waals surface area contributed by atoms with E-state index in [1.54, 1.807) is 32.1 Å². The molecule has 2 bridgehead atoms. The molecule has 0 aliphatic heterocycles. The fraction of sp³-hybridized carbons (Fsp3) is 1.00. The van der Waals surface area contributed by atoms with E-state index in [2.05, 4.69) is 6.92 Å². The van der Waals surface area contributed by atoms with Crippen LogP contribution >= 0.6 is 0 Å². The average Bonchev–Trinajstić information content (AvgIpc) is 2.61. The molecule has 0 aromatic rings. The maximum absolute atomic E-state index is 2.42. The predicted molar refractivity (Wildman–Crippen MR) is 53.3 cm³/mol. The lowest BCUT2D eigenvalue weighted by Gasteiger charge is -2.51. The highest BCUT2D eigenvalue weighted by Crippen LogP contribution is 2.83. The molecule has 0 aromatic carbocycles. The van der Waals surface area contributed by atoms with Crippen molar-refractivity contribution in [3.63, 3.8) is 0 Å². The van der Waals surface area contributed by atoms with Gasteiger partial charge in [0.1, 0.15) is 0 Å². The van der Waals surface area contributed by atoms with Gasteiger partial charge in [0.25, 0.3) is 0 Å². The number of hydrogen-bond acceptors (Lipinski definition) is 0. The van der Waals surface area contributed by atoms with E-state index >= 15 is 0 Å². The van der Waals surface area contributed by atoms with Gasteiger partial charge in [0.15, 0.2) is 0 Å². The molecule has 6 atom stereocenters. The third kappa shape index (κ3) is 0.620. The summed E-state index contributed by atoms with van der Waals surface area (Å²) in [6.45, 7) is 2.42. The topological polar surface area (TPSA) is 0 Å². The molecule has 0 nitrogen and oxygen atoms in total. The van der Waals surface area contributed by atoms with Crippen LogP contribution in [0.3, 0.4) is 0 Å². The lowest BCUT2D eigenvalue weighted by Crippen LogP contribution is -2.45. The Morgan fingerprint density at radius 1 is 1.15 bits per heavy atom. The van der Waals surface area contributed by atoms with Crippen LogP contribution in [-0.2, 0) is 0 Å². The van der Waals surface area contributed by atoms with Gasteiger partial charge in [0.05, 0.1) is 0 Å². The highest BCUT2D eigenvalue weighted by Gasteiger charge is 2.76. The largest absolute Gasteiger partial charge is 0.0651 e. The van der Waals surface area contributed by atoms with Crippen LogP contribution in [0.25, 0.3) is 0 Å². The Balaban J connectivity index is 1.69. The van der Waals surface area contributed by atoms with E-state index < -0.39 is 0 Å². The Labute approximate surface area is 81.1 Å². The molecule has 4 saturated carbocycles. The van der Waals surface area contributed by atoms with Crippen molar-refractivity contribution in [1.29, 1.82) is 0 Å². The number of fused-ring (bicyclic) bond motifs is 2. The number of hydrogen-bond donors (Lipinski definition) is 0. The maximum atomic E-state index is 2.42. The van der Waals surface area contributed by atoms with Gasteiger partial charge in [-0.05, 0) is 60.7 Å². The quantitative estimate of drug-likeness (QED) is 0.574. The molecule has 0 heteroatoms. The molecule has 0 heterocycles. The van der Waals surface area contributed by atoms with Gasteiger partial charge in [-0.1, -0.05) is 19.8 Å². The van der Waals surface area contributed by atoms with Crippen LogP contribution in [0.1, 0.15) is 45.4 Å². The molecule has 13 heavy (non-hydrogen) atoms. The molecule has 4 aliphatic rings. The first kappa shape index (κ1) is 7.31. The van der Waals surface area contributed by atoms with Crippen LogP contribution in [0.15, 0.2) is 0 Å². The molecule has 0 aromatic heterocycles. The predicted octanol–water partition coefficient (Wildman–Crippen LogP) is 3.47. The second-order valence-electron chi connectivity index (χ2n) is 6.21. The molecule has 4 fully saturated rings. The van der Waals surface area contributed by atoms with Crippen molar-refractivity contribution >= 4 is 0 Å². The normalized spacial score (nSPS) is 66.7. The Bertz CT molecular complexity index is 257. The zero-order chi connectivity index (χ0) is 8.63. The van der Waals surface area contributed by atoms with Crippen molar-refractivity contribution < 1.29 is 0 Å². The van der Waals surface area contributed by atoms with Crippen molar-refractivity contribution in [2.75, 3.05) is 0 Å². The molecule has 4 aliphatic carbocycles. The van der Waals surface area contributed by atoms with E-state index in [9.17, 15) is 0 Å². The summed E-state index contributed by atoms with van der Waals surface area (Å²) < 4.78 is 0. The minimum absolute atomic E-state index is 0.966. The first-order valence-electron chi connectivity index (χ1n) is 6.36. The van der Waals surface area contributed by atoms with Crippen LogP contribution in [-0.4, -0.2) is 0 Å². The zero-order valence-electron chi connectivity index (χ0n) is 8.63. The summed E-state index contributed by atoms with van der Waals surface area (Å²) in [6.07, 6.45) is 9.58. The van der Waals surface area contributed by atoms with Gasteiger partial charge in [-0.2, -0.15) is 0 Å². The third-order valence-electron chi connectivity index (χ3n) is 6.19. The molecule has 0 saturated heterocycles. The van der Waals surface area contributed by atoms with Crippen LogP contribution in [0.5, 0.6) is 0 Å². The van der Waals surface area contributed by atoms with Gasteiger partial charge in [-0.3, -0.25) is 0 Å². The van der Waals surface area contributed by atoms with Crippen LogP contribution in [0.4, 0.5) is 0 Å². The molecule has 1 spiro atoms. The smallest absolute Gasteiger partial charge is 0.0204 e. The summed E-state index contributed by atoms with van der Waals surface area (Å²) in [7, 11) is 0. The Kier molecular flexibility index (Phi) is 1.12. The van der Waals surface area contributed by atoms with E-state index in [1.165, 1.54) is 30.1 Å². The summed E-state index contributed by atoms with van der Waals surface area (Å²) in [5.41, 5.74) is 0.966. The standard InChI is InChI=1S/C13H20/c1-2-10-11-6-8-3-4-9(5-8)13(11)7-12(10)13/h8-12H,2-7H2,1H3. The SMILES string of the molecule is CCC1C2CC3CCC(C3)C23CC13. The van der Waals surface area contributed by atoms with Gasteiger partial charge in [-0.15, -0.1) is 0 Å². The van der Waals surface area contributed by atoms with Crippen LogP contribution < -0.4 is 0 Å². The van der Waals surface area contributed by atoms with Crippen molar-refractivity contribution in [1.82, 2.24) is 0 Å². The lowest BCUT2D eigenvalue weighted by molar-refractivity contribution is -0.0300. The van der Waals surface area contributed by atoms with Gasteiger partial charge >= 0.3 is 0 Å². The first-order valence-corrected chi connectivity index (χ1v) is 6.36. The third-order valence-corrected chi connectivity index (χ3v) is 6.19. The summed E-state index contributed by atoms with van der Waals surface area (Å²) >= 11 is 0. The van der Waals surface area contributed by atoms with Gasteiger partial charge in [0, 0.05) is 0 Å². The van der Waals surface area contributed by atoms with E-state index in [0.717, 1.165) is 11.3 Å². The molecule has 0 N–H and O–H groups in total. The molecule has 0 radical (unpaired) electrons. The van der Waals surface area contributed by atoms with Crippen molar-refractivity contribution in [3.8, 4) is 0 Å². The van der Waals surface area contributed by atoms with Crippen LogP contribution in [0, 0.1) is 35.0 Å². The van der Waals surface area contributed by atoms with Gasteiger partial charge < -0.3 is 0 Å². The molecular formula is C13H20. The molecule has 0 amide bonds. The van der Waals surface area contributed by atoms with E-state index in [0.29, 0.717) is 0 Å². The van der Waals surface area contributed by atoms with Gasteiger partial charge in [0.2, 0.25) is 0 Å². The number of rotatable bonds is 1. The molecular weight excluding hydrogens is 156 g/mol. The summed E-state index contributed by atoms with van der Waals surface area (Å²) in [5.74, 6) is 5.95. The minimum atomic E-state index is 0.966. The second-order valence-corrected chi connectivity index (χ2v) is 6.21. The summed E-state index contributed by atoms with van der Waals surface area (Å²) in [6, 6.07) is 0. The van der Waals surface area contributed by atoms with E-state index in [4.69, 9.17) is 0 Å². The maximum Gasteiger partial charge on any atom is -0.0204 e. The summed E-state index contributed by atoms with van der Waals surface area (Å²) in [5, 5.41) is 0. The Hall–Kier alpha value is 0. The highest BCUT2D eigenvalue weighted by molar-refractivity contribution is 5.25. The van der Waals surface area contributed by atoms with Crippen molar-refractivity contribution in [2.24, 2.45) is 35.0 Å². The Morgan fingerprint density at radius 2 is 2.08 bits per heavy atom. The van der Waals surface area contributed by atoms with E-state index in [-0.39, 0.29) is 0 Å². The van der Waals surface area contributed by atoms with Crippen molar-refractivity contribution in [2.45, 2.75) is 45.4 Å². The lowest BCUT2D eigenvalue weighted by atomic mass is 9.54. The fourth-order valence-electron chi connectivity index (χ4n) is 5.73. The Morgan fingerprint density at radius 3 is 2.92 bits per heavy atom. The average molecular weight is 176 g/mol. The van der Waals surface area contributed by atoms with Gasteiger partial charge in [-0.25, -0.2) is 0 Å². The van der Waals surface area contributed by atoms with Crippen molar-refractivity contribution in [3.05, 3.63) is 0 Å². The minimum Gasteiger partial charge on any atom is -0.0651 e. The zero-order valence-corrected chi connectivity index (χ0v) is 8.63. The monoisotopic (exact) mass is 176 g/mol. The highest BCUT2D eigenvalue weighted by atomic mass is 14.8. The van der Waals surface area contributed by atoms with Crippen LogP contribution in [0.2, 0.25) is 0 Å². The first-order chi connectivity index (χ1) is 6.36. The summed E-state index contributed by atoms with van der Waals surface area (Å²) in [4.78, 5) is 0. The molecule has 4 rings (SSSR count).